The molecule has 0 heterocycles. The zero-order valence-corrected chi connectivity index (χ0v) is 15.3. The molecule has 2 aromatic carbocycles. The first-order valence-electron chi connectivity index (χ1n) is 7.75. The van der Waals surface area contributed by atoms with Crippen LogP contribution in [0.15, 0.2) is 47.4 Å². The monoisotopic (exact) mass is 377 g/mol. The maximum atomic E-state index is 12.7. The van der Waals surface area contributed by atoms with Gasteiger partial charge in [-0.3, -0.25) is 14.9 Å². The van der Waals surface area contributed by atoms with Gasteiger partial charge in [0.1, 0.15) is 0 Å². The van der Waals surface area contributed by atoms with E-state index in [1.807, 2.05) is 0 Å². The van der Waals surface area contributed by atoms with Crippen molar-refractivity contribution in [3.05, 3.63) is 63.7 Å². The molecular weight excluding hydrogens is 358 g/mol. The molecule has 26 heavy (non-hydrogen) atoms. The number of rotatable bonds is 6. The Morgan fingerprint density at radius 3 is 2.46 bits per heavy atom. The molecule has 0 spiro atoms. The lowest BCUT2D eigenvalue weighted by atomic mass is 10.1. The Labute approximate surface area is 151 Å². The van der Waals surface area contributed by atoms with E-state index in [0.717, 1.165) is 0 Å². The number of nitrogens with zero attached hydrogens (tertiary/aromatic N) is 1. The summed E-state index contributed by atoms with van der Waals surface area (Å²) < 4.78 is 27.9. The standard InChI is InChI=1S/C17H19N3O5S/c1-11-16(20(22)23)8-5-9-17(11)26(24,25)19-12(2)14-6-4-7-15(10-14)18-13(3)21/h4-10,12,19H,1-3H3,(H,18,21). The third-order valence-corrected chi connectivity index (χ3v) is 5.47. The number of amides is 1. The Hall–Kier alpha value is -2.78. The zero-order chi connectivity index (χ0) is 19.5. The number of nitro benzene ring substituents is 1. The van der Waals surface area contributed by atoms with E-state index >= 15 is 0 Å². The van der Waals surface area contributed by atoms with Gasteiger partial charge in [0.05, 0.1) is 9.82 Å². The summed E-state index contributed by atoms with van der Waals surface area (Å²) in [5, 5.41) is 13.7. The molecule has 1 amide bonds. The van der Waals surface area contributed by atoms with E-state index in [2.05, 4.69) is 10.0 Å². The Balaban J connectivity index is 2.31. The fourth-order valence-corrected chi connectivity index (χ4v) is 4.04. The lowest BCUT2D eigenvalue weighted by Gasteiger charge is -2.16. The van der Waals surface area contributed by atoms with E-state index in [1.54, 1.807) is 31.2 Å². The van der Waals surface area contributed by atoms with E-state index in [-0.39, 0.29) is 22.1 Å². The highest BCUT2D eigenvalue weighted by atomic mass is 32.2. The first-order chi connectivity index (χ1) is 12.1. The van der Waals surface area contributed by atoms with Crippen LogP contribution in [0.5, 0.6) is 0 Å². The molecule has 0 aromatic heterocycles. The lowest BCUT2D eigenvalue weighted by molar-refractivity contribution is -0.385. The number of sulfonamides is 1. The molecule has 0 aliphatic carbocycles. The minimum absolute atomic E-state index is 0.0733. The number of anilines is 1. The Morgan fingerprint density at radius 2 is 1.85 bits per heavy atom. The minimum Gasteiger partial charge on any atom is -0.326 e. The highest BCUT2D eigenvalue weighted by Gasteiger charge is 2.24. The van der Waals surface area contributed by atoms with Crippen molar-refractivity contribution in [3.8, 4) is 0 Å². The zero-order valence-electron chi connectivity index (χ0n) is 14.5. The van der Waals surface area contributed by atoms with Crippen molar-refractivity contribution in [3.63, 3.8) is 0 Å². The van der Waals surface area contributed by atoms with Gasteiger partial charge in [-0.25, -0.2) is 13.1 Å². The van der Waals surface area contributed by atoms with Crippen LogP contribution in [0.1, 0.15) is 31.0 Å². The number of hydrogen-bond donors (Lipinski definition) is 2. The smallest absolute Gasteiger partial charge is 0.273 e. The molecule has 0 saturated carbocycles. The SMILES string of the molecule is CC(=O)Nc1cccc(C(C)NS(=O)(=O)c2cccc([N+](=O)[O-])c2C)c1. The number of benzene rings is 2. The van der Waals surface area contributed by atoms with E-state index in [9.17, 15) is 23.3 Å². The van der Waals surface area contributed by atoms with Crippen LogP contribution in [0.2, 0.25) is 0 Å². The fraction of sp³-hybridized carbons (Fsp3) is 0.235. The summed E-state index contributed by atoms with van der Waals surface area (Å²) in [5.41, 5.74) is 1.01. The van der Waals surface area contributed by atoms with Crippen molar-refractivity contribution in [2.45, 2.75) is 31.7 Å². The highest BCUT2D eigenvalue weighted by Crippen LogP contribution is 2.26. The summed E-state index contributed by atoms with van der Waals surface area (Å²) in [6, 6.07) is 10.1. The minimum atomic E-state index is -3.97. The number of hydrogen-bond acceptors (Lipinski definition) is 5. The van der Waals surface area contributed by atoms with Crippen LogP contribution in [-0.2, 0) is 14.8 Å². The molecule has 9 heteroatoms. The average molecular weight is 377 g/mol. The predicted molar refractivity (Wildman–Crippen MR) is 97.3 cm³/mol. The lowest BCUT2D eigenvalue weighted by Crippen LogP contribution is -2.27. The van der Waals surface area contributed by atoms with Crippen LogP contribution in [0.25, 0.3) is 0 Å². The molecule has 0 fully saturated rings. The molecule has 1 atom stereocenters. The van der Waals surface area contributed by atoms with Crippen molar-refractivity contribution >= 4 is 27.3 Å². The molecule has 0 aliphatic heterocycles. The van der Waals surface area contributed by atoms with Gasteiger partial charge in [0.15, 0.2) is 0 Å². The maximum absolute atomic E-state index is 12.7. The Kier molecular flexibility index (Phi) is 5.73. The summed E-state index contributed by atoms with van der Waals surface area (Å²) in [7, 11) is -3.97. The average Bonchev–Trinajstić information content (AvgIpc) is 2.53. The van der Waals surface area contributed by atoms with Gasteiger partial charge in [-0.05, 0) is 37.6 Å². The Morgan fingerprint density at radius 1 is 1.19 bits per heavy atom. The van der Waals surface area contributed by atoms with Gasteiger partial charge in [0.2, 0.25) is 15.9 Å². The summed E-state index contributed by atoms with van der Waals surface area (Å²) in [6.07, 6.45) is 0. The van der Waals surface area contributed by atoms with Crippen LogP contribution in [-0.4, -0.2) is 19.2 Å². The van der Waals surface area contributed by atoms with E-state index < -0.39 is 21.0 Å². The van der Waals surface area contributed by atoms with Gasteiger partial charge >= 0.3 is 0 Å². The summed E-state index contributed by atoms with van der Waals surface area (Å²) in [4.78, 5) is 21.4. The fourth-order valence-electron chi connectivity index (χ4n) is 2.55. The van der Waals surface area contributed by atoms with Gasteiger partial charge in [-0.2, -0.15) is 0 Å². The molecule has 0 radical (unpaired) electrons. The molecule has 2 rings (SSSR count). The van der Waals surface area contributed by atoms with Crippen molar-refractivity contribution in [1.82, 2.24) is 4.72 Å². The largest absolute Gasteiger partial charge is 0.326 e. The van der Waals surface area contributed by atoms with Crippen molar-refractivity contribution in [2.24, 2.45) is 0 Å². The van der Waals surface area contributed by atoms with Crippen molar-refractivity contribution < 1.29 is 18.1 Å². The number of nitro groups is 1. The summed E-state index contributed by atoms with van der Waals surface area (Å²) in [6.45, 7) is 4.43. The number of nitrogens with one attached hydrogen (secondary N) is 2. The van der Waals surface area contributed by atoms with Crippen LogP contribution < -0.4 is 10.0 Å². The molecule has 0 aliphatic rings. The molecular formula is C17H19N3O5S. The van der Waals surface area contributed by atoms with Gasteiger partial charge in [-0.15, -0.1) is 0 Å². The molecule has 8 nitrogen and oxygen atoms in total. The second-order valence-electron chi connectivity index (χ2n) is 5.81. The van der Waals surface area contributed by atoms with E-state index in [1.165, 1.54) is 32.0 Å². The third-order valence-electron chi connectivity index (χ3n) is 3.78. The molecule has 138 valence electrons. The second kappa shape index (κ2) is 7.63. The van der Waals surface area contributed by atoms with Gasteiger partial charge < -0.3 is 5.32 Å². The predicted octanol–water partition coefficient (Wildman–Crippen LogP) is 2.90. The maximum Gasteiger partial charge on any atom is 0.273 e. The van der Waals surface area contributed by atoms with Gasteiger partial charge in [-0.1, -0.05) is 18.2 Å². The third kappa shape index (κ3) is 4.44. The van der Waals surface area contributed by atoms with Gasteiger partial charge in [0.25, 0.3) is 5.69 Å². The summed E-state index contributed by atoms with van der Waals surface area (Å²) >= 11 is 0. The van der Waals surface area contributed by atoms with Crippen molar-refractivity contribution in [2.75, 3.05) is 5.32 Å². The van der Waals surface area contributed by atoms with Crippen LogP contribution in [0.4, 0.5) is 11.4 Å². The molecule has 1 unspecified atom stereocenters. The number of carbonyl (C=O) groups excluding carboxylic acids is 1. The Bertz CT molecular complexity index is 957. The van der Waals surface area contributed by atoms with E-state index in [0.29, 0.717) is 11.3 Å². The summed E-state index contributed by atoms with van der Waals surface area (Å²) in [5.74, 6) is -0.234. The van der Waals surface area contributed by atoms with Crippen LogP contribution in [0.3, 0.4) is 0 Å². The first-order valence-corrected chi connectivity index (χ1v) is 9.24. The van der Waals surface area contributed by atoms with Crippen LogP contribution >= 0.6 is 0 Å². The van der Waals surface area contributed by atoms with E-state index in [4.69, 9.17) is 0 Å². The molecule has 0 bridgehead atoms. The first kappa shape index (κ1) is 19.5. The second-order valence-corrected chi connectivity index (χ2v) is 7.49. The quantitative estimate of drug-likeness (QED) is 0.593. The highest BCUT2D eigenvalue weighted by molar-refractivity contribution is 7.89. The topological polar surface area (TPSA) is 118 Å². The molecule has 2 aromatic rings. The van der Waals surface area contributed by atoms with Gasteiger partial charge in [0, 0.05) is 30.3 Å². The number of carbonyl (C=O) groups is 1. The van der Waals surface area contributed by atoms with Crippen LogP contribution in [0, 0.1) is 17.0 Å². The molecule has 2 N–H and O–H groups in total. The molecule has 0 saturated heterocycles. The normalized spacial score (nSPS) is 12.4. The van der Waals surface area contributed by atoms with Crippen molar-refractivity contribution in [1.29, 1.82) is 0 Å².